The Labute approximate surface area is 164 Å². The average Bonchev–Trinajstić information content (AvgIpc) is 3.16. The van der Waals surface area contributed by atoms with Gasteiger partial charge in [-0.2, -0.15) is 0 Å². The standard InChI is InChI=1S/C21H24N6O/c28-20(18-9-6-12-26(14-18)13-17-7-2-1-3-8-17)24-21-23-16-27(25-21)15-19-10-4-5-11-22-19/h1-5,7-8,10-11,16,18H,6,9,12-15H2,(H,24,25,28)/t18-/m0/s1. The Morgan fingerprint density at radius 1 is 1.07 bits per heavy atom. The molecule has 0 saturated carbocycles. The minimum absolute atomic E-state index is 0.00616. The summed E-state index contributed by atoms with van der Waals surface area (Å²) in [5.41, 5.74) is 2.17. The van der Waals surface area contributed by atoms with E-state index in [4.69, 9.17) is 0 Å². The van der Waals surface area contributed by atoms with Gasteiger partial charge in [-0.1, -0.05) is 36.4 Å². The number of carbonyl (C=O) groups is 1. The Balaban J connectivity index is 1.32. The summed E-state index contributed by atoms with van der Waals surface area (Å²) in [6.45, 7) is 3.19. The molecule has 3 heterocycles. The highest BCUT2D eigenvalue weighted by Crippen LogP contribution is 2.20. The van der Waals surface area contributed by atoms with Crippen molar-refractivity contribution in [1.29, 1.82) is 0 Å². The Morgan fingerprint density at radius 3 is 2.75 bits per heavy atom. The highest BCUT2D eigenvalue weighted by molar-refractivity contribution is 5.91. The van der Waals surface area contributed by atoms with Crippen LogP contribution in [0.4, 0.5) is 5.95 Å². The van der Waals surface area contributed by atoms with Crippen molar-refractivity contribution in [2.45, 2.75) is 25.9 Å². The summed E-state index contributed by atoms with van der Waals surface area (Å²) in [5.74, 6) is 0.301. The molecule has 1 saturated heterocycles. The number of likely N-dealkylation sites (tertiary alicyclic amines) is 1. The zero-order chi connectivity index (χ0) is 19.2. The van der Waals surface area contributed by atoms with Crippen LogP contribution in [0, 0.1) is 5.92 Å². The van der Waals surface area contributed by atoms with E-state index in [-0.39, 0.29) is 11.8 Å². The minimum Gasteiger partial charge on any atom is -0.298 e. The van der Waals surface area contributed by atoms with E-state index >= 15 is 0 Å². The van der Waals surface area contributed by atoms with E-state index in [0.717, 1.165) is 38.2 Å². The monoisotopic (exact) mass is 376 g/mol. The van der Waals surface area contributed by atoms with Gasteiger partial charge >= 0.3 is 0 Å². The van der Waals surface area contributed by atoms with Crippen LogP contribution >= 0.6 is 0 Å². The zero-order valence-electron chi connectivity index (χ0n) is 15.7. The first-order chi connectivity index (χ1) is 13.8. The molecule has 1 aliphatic heterocycles. The van der Waals surface area contributed by atoms with Crippen molar-refractivity contribution in [3.05, 3.63) is 72.3 Å². The van der Waals surface area contributed by atoms with Gasteiger partial charge in [0.2, 0.25) is 11.9 Å². The first-order valence-electron chi connectivity index (χ1n) is 9.63. The molecule has 1 amide bonds. The van der Waals surface area contributed by atoms with Crippen LogP contribution in [0.25, 0.3) is 0 Å². The normalized spacial score (nSPS) is 17.4. The predicted octanol–water partition coefficient (Wildman–Crippen LogP) is 2.57. The molecule has 7 heteroatoms. The molecule has 1 atom stereocenters. The van der Waals surface area contributed by atoms with Crippen molar-refractivity contribution >= 4 is 11.9 Å². The highest BCUT2D eigenvalue weighted by Gasteiger charge is 2.26. The van der Waals surface area contributed by atoms with Crippen LogP contribution in [-0.2, 0) is 17.9 Å². The van der Waals surface area contributed by atoms with E-state index in [1.165, 1.54) is 5.56 Å². The fourth-order valence-electron chi connectivity index (χ4n) is 3.55. The van der Waals surface area contributed by atoms with Gasteiger partial charge in [-0.05, 0) is 37.1 Å². The molecule has 7 nitrogen and oxygen atoms in total. The van der Waals surface area contributed by atoms with Gasteiger partial charge in [0.1, 0.15) is 6.33 Å². The lowest BCUT2D eigenvalue weighted by molar-refractivity contribution is -0.121. The SMILES string of the molecule is O=C(Nc1ncn(Cc2ccccn2)n1)[C@H]1CCCN(Cc2ccccc2)C1. The van der Waals surface area contributed by atoms with Crippen molar-refractivity contribution < 1.29 is 4.79 Å². The third-order valence-electron chi connectivity index (χ3n) is 4.95. The molecule has 3 aromatic rings. The van der Waals surface area contributed by atoms with Crippen molar-refractivity contribution in [3.63, 3.8) is 0 Å². The second-order valence-electron chi connectivity index (χ2n) is 7.14. The summed E-state index contributed by atoms with van der Waals surface area (Å²) in [6, 6.07) is 16.1. The molecule has 144 valence electrons. The Kier molecular flexibility index (Phi) is 5.72. The van der Waals surface area contributed by atoms with E-state index in [2.05, 4.69) is 49.5 Å². The molecular formula is C21H24N6O. The number of pyridine rings is 1. The average molecular weight is 376 g/mol. The number of hydrogen-bond acceptors (Lipinski definition) is 5. The van der Waals surface area contributed by atoms with E-state index in [9.17, 15) is 4.79 Å². The van der Waals surface area contributed by atoms with E-state index in [1.807, 2.05) is 24.3 Å². The number of anilines is 1. The van der Waals surface area contributed by atoms with Crippen molar-refractivity contribution in [2.24, 2.45) is 5.92 Å². The Bertz CT molecular complexity index is 896. The number of nitrogens with zero attached hydrogens (tertiary/aromatic N) is 5. The summed E-state index contributed by atoms with van der Waals surface area (Å²) in [5, 5.41) is 7.22. The number of piperidine rings is 1. The lowest BCUT2D eigenvalue weighted by Crippen LogP contribution is -2.40. The molecule has 1 N–H and O–H groups in total. The minimum atomic E-state index is -0.0415. The van der Waals surface area contributed by atoms with Crippen LogP contribution in [0.2, 0.25) is 0 Å². The lowest BCUT2D eigenvalue weighted by Gasteiger charge is -2.31. The molecule has 1 aromatic carbocycles. The topological polar surface area (TPSA) is 75.9 Å². The quantitative estimate of drug-likeness (QED) is 0.716. The summed E-state index contributed by atoms with van der Waals surface area (Å²) in [6.07, 6.45) is 5.28. The smallest absolute Gasteiger partial charge is 0.248 e. The molecule has 4 rings (SSSR count). The second-order valence-corrected chi connectivity index (χ2v) is 7.14. The zero-order valence-corrected chi connectivity index (χ0v) is 15.7. The first-order valence-corrected chi connectivity index (χ1v) is 9.63. The van der Waals surface area contributed by atoms with Crippen LogP contribution in [0.3, 0.4) is 0 Å². The molecule has 1 fully saturated rings. The molecule has 1 aliphatic rings. The maximum atomic E-state index is 12.7. The van der Waals surface area contributed by atoms with Crippen molar-refractivity contribution in [2.75, 3.05) is 18.4 Å². The number of aromatic nitrogens is 4. The number of benzene rings is 1. The van der Waals surface area contributed by atoms with Crippen LogP contribution in [0.5, 0.6) is 0 Å². The fourth-order valence-corrected chi connectivity index (χ4v) is 3.55. The van der Waals surface area contributed by atoms with E-state index in [0.29, 0.717) is 12.5 Å². The number of carbonyl (C=O) groups excluding carboxylic acids is 1. The van der Waals surface area contributed by atoms with E-state index < -0.39 is 0 Å². The molecule has 2 aromatic heterocycles. The van der Waals surface area contributed by atoms with Crippen LogP contribution in [0.15, 0.2) is 61.1 Å². The van der Waals surface area contributed by atoms with Gasteiger partial charge in [-0.15, -0.1) is 5.10 Å². The largest absolute Gasteiger partial charge is 0.298 e. The van der Waals surface area contributed by atoms with Gasteiger partial charge in [-0.25, -0.2) is 9.67 Å². The predicted molar refractivity (Wildman–Crippen MR) is 106 cm³/mol. The second kappa shape index (κ2) is 8.75. The fraction of sp³-hybridized carbons (Fsp3) is 0.333. The molecule has 0 radical (unpaired) electrons. The summed E-state index contributed by atoms with van der Waals surface area (Å²) in [7, 11) is 0. The maximum Gasteiger partial charge on any atom is 0.248 e. The van der Waals surface area contributed by atoms with Gasteiger partial charge < -0.3 is 0 Å². The Morgan fingerprint density at radius 2 is 1.93 bits per heavy atom. The van der Waals surface area contributed by atoms with Crippen molar-refractivity contribution in [1.82, 2.24) is 24.6 Å². The molecule has 0 aliphatic carbocycles. The number of rotatable bonds is 6. The molecule has 0 bridgehead atoms. The number of hydrogen-bond donors (Lipinski definition) is 1. The highest BCUT2D eigenvalue weighted by atomic mass is 16.2. The third kappa shape index (κ3) is 4.80. The molecule has 28 heavy (non-hydrogen) atoms. The lowest BCUT2D eigenvalue weighted by atomic mass is 9.96. The first kappa shape index (κ1) is 18.3. The Hall–Kier alpha value is -3.06. The van der Waals surface area contributed by atoms with Crippen LogP contribution in [0.1, 0.15) is 24.1 Å². The maximum absolute atomic E-state index is 12.7. The van der Waals surface area contributed by atoms with Crippen LogP contribution < -0.4 is 5.32 Å². The summed E-state index contributed by atoms with van der Waals surface area (Å²) >= 11 is 0. The van der Waals surface area contributed by atoms with E-state index in [1.54, 1.807) is 17.2 Å². The van der Waals surface area contributed by atoms with Gasteiger partial charge in [0.25, 0.3) is 0 Å². The van der Waals surface area contributed by atoms with Gasteiger partial charge in [0, 0.05) is 19.3 Å². The molecular weight excluding hydrogens is 352 g/mol. The number of nitrogens with one attached hydrogen (secondary N) is 1. The number of amides is 1. The summed E-state index contributed by atoms with van der Waals surface area (Å²) < 4.78 is 1.68. The summed E-state index contributed by atoms with van der Waals surface area (Å²) in [4.78, 5) is 23.5. The van der Waals surface area contributed by atoms with Crippen LogP contribution in [-0.4, -0.2) is 43.6 Å². The van der Waals surface area contributed by atoms with Gasteiger partial charge in [-0.3, -0.25) is 20.0 Å². The van der Waals surface area contributed by atoms with Crippen molar-refractivity contribution in [3.8, 4) is 0 Å². The molecule has 0 unspecified atom stereocenters. The van der Waals surface area contributed by atoms with Gasteiger partial charge in [0.15, 0.2) is 0 Å². The molecule has 0 spiro atoms. The van der Waals surface area contributed by atoms with Gasteiger partial charge in [0.05, 0.1) is 18.2 Å². The third-order valence-corrected chi connectivity index (χ3v) is 4.95.